The summed E-state index contributed by atoms with van der Waals surface area (Å²) in [5, 5.41) is 2.04. The lowest BCUT2D eigenvalue weighted by molar-refractivity contribution is -0.275. The van der Waals surface area contributed by atoms with E-state index in [0.29, 0.717) is 0 Å². The number of amides is 1. The van der Waals surface area contributed by atoms with Crippen molar-refractivity contribution in [2.45, 2.75) is 19.1 Å². The number of carbonyl (C=O) groups excluding carboxylic acids is 1. The standard InChI is InChI=1S/C16H8ClF6NO3/c17-9-2-1-3-10(26-15(18,19)20)13(9)7-4-8-6-12(25)24-14(8)11(5-7)27-16(21,22)23/h1-5H,6H2,(H,24,25). The average Bonchev–Trinajstić information content (AvgIpc) is 2.84. The van der Waals surface area contributed by atoms with Gasteiger partial charge < -0.3 is 14.8 Å². The third-order valence-electron chi connectivity index (χ3n) is 3.51. The number of carbonyl (C=O) groups is 1. The summed E-state index contributed by atoms with van der Waals surface area (Å²) in [7, 11) is 0. The molecule has 2 aromatic rings. The Labute approximate surface area is 152 Å². The number of alkyl halides is 6. The fourth-order valence-corrected chi connectivity index (χ4v) is 2.93. The van der Waals surface area contributed by atoms with Crippen molar-refractivity contribution in [3.05, 3.63) is 40.9 Å². The molecule has 0 aromatic heterocycles. The van der Waals surface area contributed by atoms with Crippen LogP contribution in [0.1, 0.15) is 5.56 Å². The third-order valence-corrected chi connectivity index (χ3v) is 3.83. The maximum atomic E-state index is 12.7. The molecule has 0 unspecified atom stereocenters. The van der Waals surface area contributed by atoms with Gasteiger partial charge in [0.1, 0.15) is 5.75 Å². The smallest absolute Gasteiger partial charge is 0.405 e. The molecule has 0 spiro atoms. The average molecular weight is 412 g/mol. The highest BCUT2D eigenvalue weighted by atomic mass is 35.5. The monoisotopic (exact) mass is 411 g/mol. The maximum Gasteiger partial charge on any atom is 0.573 e. The van der Waals surface area contributed by atoms with Gasteiger partial charge in [-0.05, 0) is 35.4 Å². The molecular weight excluding hydrogens is 404 g/mol. The van der Waals surface area contributed by atoms with E-state index in [1.807, 2.05) is 0 Å². The van der Waals surface area contributed by atoms with Gasteiger partial charge in [-0.15, -0.1) is 26.3 Å². The number of anilines is 1. The highest BCUT2D eigenvalue weighted by Gasteiger charge is 2.36. The third kappa shape index (κ3) is 4.38. The minimum absolute atomic E-state index is 0.120. The van der Waals surface area contributed by atoms with Gasteiger partial charge in [0.15, 0.2) is 5.75 Å². The summed E-state index contributed by atoms with van der Waals surface area (Å²) in [6.45, 7) is 0. The second-order valence-corrected chi connectivity index (χ2v) is 5.85. The number of nitrogens with one attached hydrogen (secondary N) is 1. The molecule has 1 aliphatic rings. The quantitative estimate of drug-likeness (QED) is 0.697. The van der Waals surface area contributed by atoms with Crippen molar-refractivity contribution in [2.75, 3.05) is 5.32 Å². The number of ether oxygens (including phenoxy) is 2. The zero-order valence-electron chi connectivity index (χ0n) is 13.0. The number of rotatable bonds is 3. The Morgan fingerprint density at radius 2 is 1.59 bits per heavy atom. The zero-order valence-corrected chi connectivity index (χ0v) is 13.7. The number of hydrogen-bond acceptors (Lipinski definition) is 3. The van der Waals surface area contributed by atoms with E-state index in [9.17, 15) is 31.1 Å². The molecule has 144 valence electrons. The molecule has 1 N–H and O–H groups in total. The van der Waals surface area contributed by atoms with Crippen LogP contribution in [0.2, 0.25) is 5.02 Å². The molecule has 1 aliphatic heterocycles. The van der Waals surface area contributed by atoms with Crippen LogP contribution >= 0.6 is 11.6 Å². The first-order valence-corrected chi connectivity index (χ1v) is 7.58. The molecule has 4 nitrogen and oxygen atoms in total. The van der Waals surface area contributed by atoms with Crippen LogP contribution in [-0.4, -0.2) is 18.6 Å². The lowest BCUT2D eigenvalue weighted by Gasteiger charge is -2.17. The van der Waals surface area contributed by atoms with Crippen molar-refractivity contribution in [1.29, 1.82) is 0 Å². The molecule has 0 saturated heterocycles. The second kappa shape index (κ2) is 6.52. The summed E-state index contributed by atoms with van der Waals surface area (Å²) in [6.07, 6.45) is -10.4. The highest BCUT2D eigenvalue weighted by molar-refractivity contribution is 6.33. The van der Waals surface area contributed by atoms with Gasteiger partial charge in [-0.3, -0.25) is 4.79 Å². The largest absolute Gasteiger partial charge is 0.573 e. The Balaban J connectivity index is 2.17. The Kier molecular flexibility index (Phi) is 4.62. The molecule has 0 atom stereocenters. The van der Waals surface area contributed by atoms with Crippen LogP contribution in [0.25, 0.3) is 11.1 Å². The van der Waals surface area contributed by atoms with E-state index < -0.39 is 30.1 Å². The Hall–Kier alpha value is -2.62. The molecule has 0 bridgehead atoms. The Morgan fingerprint density at radius 1 is 0.963 bits per heavy atom. The SMILES string of the molecule is O=C1Cc2cc(-c3c(Cl)cccc3OC(F)(F)F)cc(OC(F)(F)F)c2N1. The summed E-state index contributed by atoms with van der Waals surface area (Å²) >= 11 is 5.96. The molecular formula is C16H8ClF6NO3. The number of hydrogen-bond donors (Lipinski definition) is 1. The Morgan fingerprint density at radius 3 is 2.22 bits per heavy atom. The molecule has 0 saturated carbocycles. The molecule has 0 fully saturated rings. The van der Waals surface area contributed by atoms with Gasteiger partial charge >= 0.3 is 12.7 Å². The van der Waals surface area contributed by atoms with E-state index in [4.69, 9.17) is 11.6 Å². The van der Waals surface area contributed by atoms with E-state index in [1.165, 1.54) is 18.2 Å². The van der Waals surface area contributed by atoms with Crippen molar-refractivity contribution in [3.8, 4) is 22.6 Å². The number of halogens is 7. The Bertz CT molecular complexity index is 910. The molecule has 27 heavy (non-hydrogen) atoms. The summed E-state index contributed by atoms with van der Waals surface area (Å²) in [4.78, 5) is 11.5. The fourth-order valence-electron chi connectivity index (χ4n) is 2.65. The van der Waals surface area contributed by atoms with Crippen molar-refractivity contribution < 1.29 is 40.6 Å². The molecule has 0 aliphatic carbocycles. The molecule has 0 radical (unpaired) electrons. The zero-order chi connectivity index (χ0) is 20.0. The van der Waals surface area contributed by atoms with Crippen molar-refractivity contribution in [1.82, 2.24) is 0 Å². The first kappa shape index (κ1) is 19.2. The van der Waals surface area contributed by atoms with Crippen LogP contribution in [0.3, 0.4) is 0 Å². The first-order chi connectivity index (χ1) is 12.4. The highest BCUT2D eigenvalue weighted by Crippen LogP contribution is 2.45. The molecule has 2 aromatic carbocycles. The predicted molar refractivity (Wildman–Crippen MR) is 82.6 cm³/mol. The summed E-state index contributed by atoms with van der Waals surface area (Å²) < 4.78 is 83.8. The fraction of sp³-hybridized carbons (Fsp3) is 0.188. The van der Waals surface area contributed by atoms with E-state index in [2.05, 4.69) is 14.8 Å². The van der Waals surface area contributed by atoms with Crippen LogP contribution < -0.4 is 14.8 Å². The first-order valence-electron chi connectivity index (χ1n) is 7.20. The van der Waals surface area contributed by atoms with Gasteiger partial charge in [0, 0.05) is 5.56 Å². The van der Waals surface area contributed by atoms with Crippen LogP contribution in [0, 0.1) is 0 Å². The van der Waals surface area contributed by atoms with Gasteiger partial charge in [-0.2, -0.15) is 0 Å². The van der Waals surface area contributed by atoms with Gasteiger partial charge in [0.05, 0.1) is 17.1 Å². The lowest BCUT2D eigenvalue weighted by atomic mass is 10.00. The van der Waals surface area contributed by atoms with Crippen LogP contribution in [0.15, 0.2) is 30.3 Å². The molecule has 11 heteroatoms. The molecule has 3 rings (SSSR count). The van der Waals surface area contributed by atoms with E-state index in [-0.39, 0.29) is 33.8 Å². The summed E-state index contributed by atoms with van der Waals surface area (Å²) in [5.41, 5.74) is -0.499. The van der Waals surface area contributed by atoms with Crippen molar-refractivity contribution >= 4 is 23.2 Å². The van der Waals surface area contributed by atoms with Crippen molar-refractivity contribution in [2.24, 2.45) is 0 Å². The minimum atomic E-state index is -5.08. The van der Waals surface area contributed by atoms with Crippen LogP contribution in [0.5, 0.6) is 11.5 Å². The second-order valence-electron chi connectivity index (χ2n) is 5.44. The normalized spacial score (nSPS) is 14.0. The van der Waals surface area contributed by atoms with Crippen molar-refractivity contribution in [3.63, 3.8) is 0 Å². The molecule has 1 heterocycles. The van der Waals surface area contributed by atoms with Crippen LogP contribution in [-0.2, 0) is 11.2 Å². The number of fused-ring (bicyclic) bond motifs is 1. The van der Waals surface area contributed by atoms with Gasteiger partial charge in [0.2, 0.25) is 5.91 Å². The maximum absolute atomic E-state index is 12.7. The topological polar surface area (TPSA) is 47.6 Å². The van der Waals surface area contributed by atoms with Gasteiger partial charge in [-0.1, -0.05) is 17.7 Å². The van der Waals surface area contributed by atoms with Gasteiger partial charge in [0.25, 0.3) is 0 Å². The minimum Gasteiger partial charge on any atom is -0.405 e. The van der Waals surface area contributed by atoms with Crippen LogP contribution in [0.4, 0.5) is 32.0 Å². The van der Waals surface area contributed by atoms with E-state index in [1.54, 1.807) is 0 Å². The number of benzene rings is 2. The van der Waals surface area contributed by atoms with Gasteiger partial charge in [-0.25, -0.2) is 0 Å². The summed E-state index contributed by atoms with van der Waals surface area (Å²) in [5.74, 6) is -2.05. The van der Waals surface area contributed by atoms with E-state index >= 15 is 0 Å². The predicted octanol–water partition coefficient (Wildman–Crippen LogP) is 5.30. The van der Waals surface area contributed by atoms with E-state index in [0.717, 1.165) is 12.1 Å². The summed E-state index contributed by atoms with van der Waals surface area (Å²) in [6, 6.07) is 5.50. The molecule has 1 amide bonds. The lowest BCUT2D eigenvalue weighted by Crippen LogP contribution is -2.18.